The Kier molecular flexibility index (Phi) is 28.1. The van der Waals surface area contributed by atoms with Crippen molar-refractivity contribution >= 4 is 11.9 Å². The topological polar surface area (TPSA) is 168 Å². The van der Waals surface area contributed by atoms with Gasteiger partial charge >= 0.3 is 11.9 Å². The van der Waals surface area contributed by atoms with Crippen molar-refractivity contribution in [1.29, 1.82) is 0 Å². The lowest BCUT2D eigenvalue weighted by atomic mass is 9.73. The highest BCUT2D eigenvalue weighted by Crippen LogP contribution is 2.54. The van der Waals surface area contributed by atoms with Crippen molar-refractivity contribution in [1.82, 2.24) is 4.90 Å². The second kappa shape index (κ2) is 29.8. The zero-order chi connectivity index (χ0) is 41.0. The van der Waals surface area contributed by atoms with Gasteiger partial charge in [-0.2, -0.15) is 0 Å². The molecular formula is C45H87NO9. The van der Waals surface area contributed by atoms with Crippen LogP contribution in [0.5, 0.6) is 0 Å². The molecule has 2 aliphatic rings. The molecule has 1 unspecified atom stereocenters. The van der Waals surface area contributed by atoms with E-state index < -0.39 is 23.2 Å². The summed E-state index contributed by atoms with van der Waals surface area (Å²) in [6.07, 6.45) is 29.2. The van der Waals surface area contributed by atoms with Gasteiger partial charge in [-0.15, -0.1) is 0 Å². The molecule has 1 saturated carbocycles. The highest BCUT2D eigenvalue weighted by molar-refractivity contribution is 5.72. The van der Waals surface area contributed by atoms with Crippen LogP contribution < -0.4 is 0 Å². The molecular weight excluding hydrogens is 698 g/mol. The van der Waals surface area contributed by atoms with Crippen molar-refractivity contribution in [2.24, 2.45) is 17.3 Å². The SMILES string of the molecule is CCCCCCCC(CCCCCCC)C(=O)O.CCCCCCCC(CCCCCCC)C(=O)OC1CCC2(C1)CC(O)(O)N(CCCCO)C(O)(O)C2. The number of piperidine rings is 1. The molecule has 6 N–H and O–H groups in total. The summed E-state index contributed by atoms with van der Waals surface area (Å²) in [5.41, 5.74) is -0.721. The van der Waals surface area contributed by atoms with E-state index in [0.717, 1.165) is 69.1 Å². The van der Waals surface area contributed by atoms with Crippen LogP contribution >= 0.6 is 0 Å². The second-order valence-electron chi connectivity index (χ2n) is 17.3. The van der Waals surface area contributed by atoms with Crippen LogP contribution in [0.4, 0.5) is 0 Å². The summed E-state index contributed by atoms with van der Waals surface area (Å²) in [5.74, 6) is -5.68. The van der Waals surface area contributed by atoms with E-state index in [4.69, 9.17) is 9.84 Å². The standard InChI is InChI=1S/C29H55NO7.C16H32O2/c1-3-5-7-9-11-15-24(16-12-10-8-6-4-2)26(32)37-25-17-18-27(21-25)22-28(33,34)30(19-13-14-20-31)29(35,36)23-27;1-3-5-7-9-11-13-15(16(17)18)14-12-10-8-6-4-2/h24-25,31,33-36H,3-23H2,1-2H3;15H,3-14H2,1-2H3,(H,17,18). The Morgan fingerprint density at radius 2 is 1.00 bits per heavy atom. The third-order valence-electron chi connectivity index (χ3n) is 12.1. The molecule has 1 spiro atoms. The minimum Gasteiger partial charge on any atom is -0.481 e. The zero-order valence-corrected chi connectivity index (χ0v) is 35.9. The Hall–Kier alpha value is -1.30. The molecule has 0 amide bonds. The van der Waals surface area contributed by atoms with Gasteiger partial charge in [-0.25, -0.2) is 4.90 Å². The average Bonchev–Trinajstić information content (AvgIpc) is 3.49. The van der Waals surface area contributed by atoms with E-state index in [9.17, 15) is 35.1 Å². The number of carboxylic acid groups (broad SMARTS) is 1. The van der Waals surface area contributed by atoms with Crippen LogP contribution in [0, 0.1) is 17.3 Å². The van der Waals surface area contributed by atoms with E-state index in [2.05, 4.69) is 27.7 Å². The quantitative estimate of drug-likeness (QED) is 0.0226. The number of carbonyl (C=O) groups is 2. The van der Waals surface area contributed by atoms with Crippen molar-refractivity contribution in [2.75, 3.05) is 13.2 Å². The zero-order valence-electron chi connectivity index (χ0n) is 35.9. The molecule has 2 rings (SSSR count). The first-order chi connectivity index (χ1) is 26.3. The van der Waals surface area contributed by atoms with Gasteiger partial charge in [-0.3, -0.25) is 9.59 Å². The van der Waals surface area contributed by atoms with Gasteiger partial charge in [-0.1, -0.05) is 156 Å². The molecule has 1 aliphatic carbocycles. The van der Waals surface area contributed by atoms with Crippen LogP contribution in [-0.4, -0.2) is 78.6 Å². The Balaban J connectivity index is 0.000000707. The largest absolute Gasteiger partial charge is 0.481 e. The summed E-state index contributed by atoms with van der Waals surface area (Å²) in [6.45, 7) is 8.81. The molecule has 1 heterocycles. The maximum Gasteiger partial charge on any atom is 0.309 e. The molecule has 1 atom stereocenters. The number of ether oxygens (including phenoxy) is 1. The van der Waals surface area contributed by atoms with Gasteiger partial charge in [0.15, 0.2) is 0 Å². The Morgan fingerprint density at radius 1 is 0.600 bits per heavy atom. The number of likely N-dealkylation sites (tertiary alicyclic amines) is 1. The number of aliphatic hydroxyl groups excluding tert-OH is 1. The van der Waals surface area contributed by atoms with Crippen LogP contribution in [0.1, 0.15) is 227 Å². The van der Waals surface area contributed by atoms with Gasteiger partial charge in [0.1, 0.15) is 6.10 Å². The number of carboxylic acids is 1. The summed E-state index contributed by atoms with van der Waals surface area (Å²) >= 11 is 0. The number of unbranched alkanes of at least 4 members (excludes halogenated alkanes) is 17. The molecule has 55 heavy (non-hydrogen) atoms. The van der Waals surface area contributed by atoms with Gasteiger partial charge in [0.05, 0.1) is 11.8 Å². The number of aliphatic hydroxyl groups is 5. The van der Waals surface area contributed by atoms with E-state index in [1.54, 1.807) is 0 Å². The predicted octanol–water partition coefficient (Wildman–Crippen LogP) is 9.96. The average molecular weight is 786 g/mol. The van der Waals surface area contributed by atoms with E-state index in [1.165, 1.54) is 89.9 Å². The molecule has 10 nitrogen and oxygen atoms in total. The number of hydrogen-bond acceptors (Lipinski definition) is 9. The minimum atomic E-state index is -2.38. The molecule has 0 aromatic carbocycles. The minimum absolute atomic E-state index is 0.0334. The summed E-state index contributed by atoms with van der Waals surface area (Å²) in [5, 5.41) is 61.2. The molecule has 326 valence electrons. The molecule has 0 radical (unpaired) electrons. The van der Waals surface area contributed by atoms with Crippen molar-refractivity contribution in [2.45, 2.75) is 245 Å². The van der Waals surface area contributed by atoms with Gasteiger partial charge in [0, 0.05) is 26.0 Å². The monoisotopic (exact) mass is 786 g/mol. The number of rotatable bonds is 31. The normalized spacial score (nSPS) is 18.9. The first-order valence-corrected chi connectivity index (χ1v) is 23.0. The van der Waals surface area contributed by atoms with E-state index in [-0.39, 0.29) is 49.9 Å². The third-order valence-corrected chi connectivity index (χ3v) is 12.1. The number of hydrogen-bond donors (Lipinski definition) is 6. The first-order valence-electron chi connectivity index (χ1n) is 23.0. The molecule has 10 heteroatoms. The van der Waals surface area contributed by atoms with Crippen molar-refractivity contribution in [3.05, 3.63) is 0 Å². The summed E-state index contributed by atoms with van der Waals surface area (Å²) in [4.78, 5) is 25.3. The van der Waals surface area contributed by atoms with Crippen LogP contribution in [0.15, 0.2) is 0 Å². The lowest BCUT2D eigenvalue weighted by Crippen LogP contribution is -2.68. The van der Waals surface area contributed by atoms with Crippen molar-refractivity contribution in [3.63, 3.8) is 0 Å². The van der Waals surface area contributed by atoms with E-state index >= 15 is 0 Å². The second-order valence-corrected chi connectivity index (χ2v) is 17.3. The Labute approximate surface area is 336 Å². The molecule has 0 aromatic heterocycles. The van der Waals surface area contributed by atoms with Crippen LogP contribution in [0.25, 0.3) is 0 Å². The first kappa shape index (κ1) is 51.7. The highest BCUT2D eigenvalue weighted by Gasteiger charge is 2.60. The lowest BCUT2D eigenvalue weighted by Gasteiger charge is -2.53. The number of nitrogens with zero attached hydrogens (tertiary/aromatic N) is 1. The highest BCUT2D eigenvalue weighted by atomic mass is 16.6. The molecule has 1 saturated heterocycles. The molecule has 2 fully saturated rings. The Bertz CT molecular complexity index is 928. The molecule has 0 aromatic rings. The third kappa shape index (κ3) is 21.9. The Morgan fingerprint density at radius 3 is 1.38 bits per heavy atom. The number of carbonyl (C=O) groups excluding carboxylic acids is 1. The fraction of sp³-hybridized carbons (Fsp3) is 0.956. The fourth-order valence-electron chi connectivity index (χ4n) is 8.87. The van der Waals surface area contributed by atoms with Crippen molar-refractivity contribution in [3.8, 4) is 0 Å². The summed E-state index contributed by atoms with van der Waals surface area (Å²) in [6, 6.07) is 0. The maximum absolute atomic E-state index is 13.2. The smallest absolute Gasteiger partial charge is 0.309 e. The van der Waals surface area contributed by atoms with Gasteiger partial charge in [0.2, 0.25) is 11.8 Å². The van der Waals surface area contributed by atoms with Crippen molar-refractivity contribution < 1.29 is 45.0 Å². The lowest BCUT2D eigenvalue weighted by molar-refractivity contribution is -0.423. The van der Waals surface area contributed by atoms with Crippen LogP contribution in [0.3, 0.4) is 0 Å². The predicted molar refractivity (Wildman–Crippen MR) is 221 cm³/mol. The van der Waals surface area contributed by atoms with Crippen LogP contribution in [-0.2, 0) is 14.3 Å². The molecule has 0 bridgehead atoms. The maximum atomic E-state index is 13.2. The van der Waals surface area contributed by atoms with E-state index in [0.29, 0.717) is 32.1 Å². The summed E-state index contributed by atoms with van der Waals surface area (Å²) < 4.78 is 5.99. The fourth-order valence-corrected chi connectivity index (χ4v) is 8.87. The molecule has 1 aliphatic heterocycles. The van der Waals surface area contributed by atoms with Gasteiger partial charge in [-0.05, 0) is 63.2 Å². The van der Waals surface area contributed by atoms with Crippen LogP contribution in [0.2, 0.25) is 0 Å². The van der Waals surface area contributed by atoms with Gasteiger partial charge in [0.25, 0.3) is 0 Å². The summed E-state index contributed by atoms with van der Waals surface area (Å²) in [7, 11) is 0. The van der Waals surface area contributed by atoms with E-state index in [1.807, 2.05) is 0 Å². The number of aliphatic carboxylic acids is 1. The van der Waals surface area contributed by atoms with Gasteiger partial charge < -0.3 is 35.4 Å². The number of esters is 1.